The van der Waals surface area contributed by atoms with Gasteiger partial charge in [-0.2, -0.15) is 0 Å². The van der Waals surface area contributed by atoms with E-state index in [-0.39, 0.29) is 25.7 Å². The van der Waals surface area contributed by atoms with Crippen molar-refractivity contribution in [3.05, 3.63) is 0 Å². The topological polar surface area (TPSA) is 237 Å². The van der Waals surface area contributed by atoms with E-state index >= 15 is 0 Å². The molecule has 0 spiro atoms. The maximum Gasteiger partial charge on any atom is 0.472 e. The summed E-state index contributed by atoms with van der Waals surface area (Å²) in [5.74, 6) is 0.266. The molecule has 0 aliphatic heterocycles. The number of rotatable bonds is 72. The average molecular weight is 1370 g/mol. The molecule has 0 saturated heterocycles. The van der Waals surface area contributed by atoms with Crippen LogP contribution in [0.25, 0.3) is 0 Å². The van der Waals surface area contributed by atoms with Gasteiger partial charge in [0.15, 0.2) is 12.2 Å². The SMILES string of the molecule is CCCCCCCC(=O)OC[C@H](COP(=O)(O)OC[C@H](O)COP(=O)(O)OC[C@@H](COC(=O)CCCCCCCCCCCCCCCCC(C)C)OC(=O)CCCCCCCCCCCCCCCCC(C)CC)OC(=O)CCCCCCCCCCCCC(C)C. The number of hydrogen-bond donors (Lipinski definition) is 3. The Bertz CT molecular complexity index is 1820. The number of phosphoric acid groups is 2. The standard InChI is InChI=1S/C74H144O17P2/c1-8-10-11-38-48-55-71(76)84-61-69(90-73(78)58-51-44-37-31-25-24-27-33-40-46-53-66(5)6)63-88-92(80,81)86-59-68(75)60-87-93(82,83)89-64-70(62-85-72(77)56-49-42-35-29-22-18-14-12-16-20-26-32-39-45-52-65(3)4)91-74(79)57-50-43-36-30-23-19-15-13-17-21-28-34-41-47-54-67(7)9-2/h65-70,75H,8-64H2,1-7H3,(H,80,81)(H,82,83)/t67?,68-,69+,70+/m0/s1. The molecule has 552 valence electrons. The van der Waals surface area contributed by atoms with E-state index in [1.54, 1.807) is 0 Å². The van der Waals surface area contributed by atoms with E-state index in [0.717, 1.165) is 114 Å². The highest BCUT2D eigenvalue weighted by Gasteiger charge is 2.30. The van der Waals surface area contributed by atoms with Crippen molar-refractivity contribution >= 4 is 39.5 Å². The lowest BCUT2D eigenvalue weighted by molar-refractivity contribution is -0.161. The fraction of sp³-hybridized carbons (Fsp3) is 0.946. The van der Waals surface area contributed by atoms with Crippen LogP contribution >= 0.6 is 15.6 Å². The van der Waals surface area contributed by atoms with Crippen LogP contribution < -0.4 is 0 Å². The molecule has 3 unspecified atom stereocenters. The zero-order valence-corrected chi connectivity index (χ0v) is 62.5. The second kappa shape index (κ2) is 64.7. The van der Waals surface area contributed by atoms with E-state index in [4.69, 9.17) is 37.0 Å². The zero-order chi connectivity index (χ0) is 68.7. The molecule has 0 bridgehead atoms. The van der Waals surface area contributed by atoms with Gasteiger partial charge in [-0.3, -0.25) is 37.3 Å². The van der Waals surface area contributed by atoms with Crippen LogP contribution in [0, 0.1) is 17.8 Å². The van der Waals surface area contributed by atoms with Crippen LogP contribution in [0.4, 0.5) is 0 Å². The highest BCUT2D eigenvalue weighted by Crippen LogP contribution is 2.45. The van der Waals surface area contributed by atoms with E-state index < -0.39 is 97.5 Å². The summed E-state index contributed by atoms with van der Waals surface area (Å²) in [5.41, 5.74) is 0. The Morgan fingerprint density at radius 2 is 0.548 bits per heavy atom. The zero-order valence-electron chi connectivity index (χ0n) is 60.7. The smallest absolute Gasteiger partial charge is 0.462 e. The monoisotopic (exact) mass is 1370 g/mol. The molecule has 0 rings (SSSR count). The van der Waals surface area contributed by atoms with Crippen LogP contribution in [0.5, 0.6) is 0 Å². The second-order valence-electron chi connectivity index (χ2n) is 27.9. The van der Waals surface area contributed by atoms with E-state index in [9.17, 15) is 43.2 Å². The number of aliphatic hydroxyl groups excluding tert-OH is 1. The quantitative estimate of drug-likeness (QED) is 0.0222. The number of hydrogen-bond acceptors (Lipinski definition) is 15. The molecule has 0 fully saturated rings. The molecule has 0 aromatic rings. The number of esters is 4. The largest absolute Gasteiger partial charge is 0.472 e. The van der Waals surface area contributed by atoms with Gasteiger partial charge >= 0.3 is 39.5 Å². The van der Waals surface area contributed by atoms with E-state index in [1.807, 2.05) is 0 Å². The van der Waals surface area contributed by atoms with Gasteiger partial charge in [-0.1, -0.05) is 325 Å². The maximum atomic E-state index is 13.1. The number of carbonyl (C=O) groups excluding carboxylic acids is 4. The third-order valence-electron chi connectivity index (χ3n) is 17.5. The van der Waals surface area contributed by atoms with Crippen molar-refractivity contribution in [3.63, 3.8) is 0 Å². The molecule has 0 aromatic carbocycles. The van der Waals surface area contributed by atoms with Crippen LogP contribution in [0.3, 0.4) is 0 Å². The Kier molecular flexibility index (Phi) is 63.4. The molecule has 0 aromatic heterocycles. The lowest BCUT2D eigenvalue weighted by atomic mass is 9.99. The minimum atomic E-state index is -4.95. The van der Waals surface area contributed by atoms with Gasteiger partial charge in [-0.05, 0) is 43.4 Å². The molecule has 0 aliphatic rings. The summed E-state index contributed by atoms with van der Waals surface area (Å²) in [6, 6.07) is 0. The summed E-state index contributed by atoms with van der Waals surface area (Å²) in [7, 11) is -9.90. The Morgan fingerprint density at radius 1 is 0.312 bits per heavy atom. The Labute approximate surface area is 568 Å². The molecular formula is C74H144O17P2. The Hall–Kier alpha value is -1.94. The summed E-state index contributed by atoms with van der Waals surface area (Å²) >= 11 is 0. The molecule has 0 radical (unpaired) electrons. The van der Waals surface area contributed by atoms with Gasteiger partial charge in [0.05, 0.1) is 26.4 Å². The molecule has 19 heteroatoms. The normalized spacial score (nSPS) is 14.4. The molecule has 6 atom stereocenters. The first-order chi connectivity index (χ1) is 44.8. The summed E-state index contributed by atoms with van der Waals surface area (Å²) in [4.78, 5) is 72.5. The summed E-state index contributed by atoms with van der Waals surface area (Å²) in [5, 5.41) is 10.6. The minimum Gasteiger partial charge on any atom is -0.462 e. The predicted octanol–water partition coefficient (Wildman–Crippen LogP) is 21.4. The number of aliphatic hydroxyl groups is 1. The third-order valence-corrected chi connectivity index (χ3v) is 19.4. The van der Waals surface area contributed by atoms with E-state index in [2.05, 4.69) is 48.5 Å². The molecule has 93 heavy (non-hydrogen) atoms. The molecule has 0 aliphatic carbocycles. The molecule has 17 nitrogen and oxygen atoms in total. The third kappa shape index (κ3) is 67.0. The lowest BCUT2D eigenvalue weighted by Gasteiger charge is -2.21. The highest BCUT2D eigenvalue weighted by atomic mass is 31.2. The van der Waals surface area contributed by atoms with Crippen molar-refractivity contribution in [2.45, 2.75) is 394 Å². The van der Waals surface area contributed by atoms with Crippen molar-refractivity contribution in [1.29, 1.82) is 0 Å². The summed E-state index contributed by atoms with van der Waals surface area (Å²) in [6.45, 7) is 11.9. The van der Waals surface area contributed by atoms with Gasteiger partial charge < -0.3 is 33.8 Å². The fourth-order valence-corrected chi connectivity index (χ4v) is 12.8. The molecule has 0 saturated carbocycles. The van der Waals surface area contributed by atoms with Crippen molar-refractivity contribution in [2.24, 2.45) is 17.8 Å². The fourth-order valence-electron chi connectivity index (χ4n) is 11.2. The molecule has 3 N–H and O–H groups in total. The van der Waals surface area contributed by atoms with E-state index in [0.29, 0.717) is 25.7 Å². The van der Waals surface area contributed by atoms with Crippen LogP contribution in [0.15, 0.2) is 0 Å². The van der Waals surface area contributed by atoms with Crippen molar-refractivity contribution in [2.75, 3.05) is 39.6 Å². The first-order valence-electron chi connectivity index (χ1n) is 38.4. The Balaban J connectivity index is 5.16. The highest BCUT2D eigenvalue weighted by molar-refractivity contribution is 7.47. The molecule has 0 heterocycles. The van der Waals surface area contributed by atoms with Crippen LogP contribution in [0.2, 0.25) is 0 Å². The molecule has 0 amide bonds. The molecular weight excluding hydrogens is 1220 g/mol. The van der Waals surface area contributed by atoms with Crippen LogP contribution in [0.1, 0.15) is 376 Å². The van der Waals surface area contributed by atoms with Gasteiger partial charge in [0.1, 0.15) is 19.3 Å². The average Bonchev–Trinajstić information content (AvgIpc) is 2.24. The van der Waals surface area contributed by atoms with Crippen molar-refractivity contribution in [3.8, 4) is 0 Å². The number of unbranched alkanes of at least 4 members (excludes halogenated alkanes) is 39. The lowest BCUT2D eigenvalue weighted by Crippen LogP contribution is -2.30. The first kappa shape index (κ1) is 91.1. The summed E-state index contributed by atoms with van der Waals surface area (Å²) in [6.07, 6.45) is 50.3. The van der Waals surface area contributed by atoms with Gasteiger partial charge in [0.2, 0.25) is 0 Å². The van der Waals surface area contributed by atoms with Crippen LogP contribution in [-0.2, 0) is 65.4 Å². The minimum absolute atomic E-state index is 0.105. The van der Waals surface area contributed by atoms with Crippen molar-refractivity contribution in [1.82, 2.24) is 0 Å². The van der Waals surface area contributed by atoms with Gasteiger partial charge in [-0.25, -0.2) is 9.13 Å². The number of ether oxygens (including phenoxy) is 4. The predicted molar refractivity (Wildman–Crippen MR) is 377 cm³/mol. The van der Waals surface area contributed by atoms with Gasteiger partial charge in [-0.15, -0.1) is 0 Å². The maximum absolute atomic E-state index is 13.1. The van der Waals surface area contributed by atoms with Gasteiger partial charge in [0, 0.05) is 25.7 Å². The Morgan fingerprint density at radius 3 is 0.817 bits per heavy atom. The number of phosphoric ester groups is 2. The van der Waals surface area contributed by atoms with Crippen LogP contribution in [-0.4, -0.2) is 96.7 Å². The van der Waals surface area contributed by atoms with Crippen molar-refractivity contribution < 1.29 is 80.2 Å². The summed E-state index contributed by atoms with van der Waals surface area (Å²) < 4.78 is 68.2. The van der Waals surface area contributed by atoms with E-state index in [1.165, 1.54) is 180 Å². The van der Waals surface area contributed by atoms with Gasteiger partial charge in [0.25, 0.3) is 0 Å². The second-order valence-corrected chi connectivity index (χ2v) is 30.8. The first-order valence-corrected chi connectivity index (χ1v) is 41.4. The number of carbonyl (C=O) groups is 4.